The molecule has 1 aliphatic rings. The van der Waals surface area contributed by atoms with Gasteiger partial charge < -0.3 is 14.6 Å². The Balaban J connectivity index is 1.33. The number of rotatable bonds is 7. The third-order valence-electron chi connectivity index (χ3n) is 6.96. The molecule has 206 valence electrons. The Bertz CT molecular complexity index is 1540. The van der Waals surface area contributed by atoms with Gasteiger partial charge in [0.05, 0.1) is 5.52 Å². The highest BCUT2D eigenvalue weighted by atomic mass is 16.6. The molecule has 4 aromatic rings. The van der Waals surface area contributed by atoms with Crippen molar-refractivity contribution >= 4 is 29.1 Å². The number of carboxylic acid groups (broad SMARTS) is 1. The molecular formula is C32H32N2O6. The van der Waals surface area contributed by atoms with E-state index in [1.807, 2.05) is 60.7 Å². The average molecular weight is 541 g/mol. The van der Waals surface area contributed by atoms with Crippen LogP contribution in [-0.2, 0) is 20.7 Å². The molecule has 1 aromatic heterocycles. The van der Waals surface area contributed by atoms with E-state index >= 15 is 0 Å². The van der Waals surface area contributed by atoms with Gasteiger partial charge in [-0.05, 0) is 61.1 Å². The summed E-state index contributed by atoms with van der Waals surface area (Å²) in [5, 5.41) is 10.4. The number of para-hydroxylation sites is 1. The number of carboxylic acids is 1. The predicted octanol–water partition coefficient (Wildman–Crippen LogP) is 6.30. The van der Waals surface area contributed by atoms with Crippen LogP contribution >= 0.6 is 0 Å². The standard InChI is InChI=1S/C32H32N2O6/c1-32(2,3)40-31(38)34-18-16-22-10-8-9-21(29(22)34)15-17-33(19-28(35)36)30(37)39-20-27-25-13-6-4-11-23(25)24-12-5-7-14-26(24)27/h4-14,16,18,27H,15,17,19-20H2,1-3H3,(H,35,36). The number of hydrogen-bond acceptors (Lipinski definition) is 5. The molecule has 5 rings (SSSR count). The summed E-state index contributed by atoms with van der Waals surface area (Å²) in [6, 6.07) is 23.5. The van der Waals surface area contributed by atoms with Crippen LogP contribution in [-0.4, -0.2) is 58.0 Å². The van der Waals surface area contributed by atoms with Crippen LogP contribution in [0, 0.1) is 0 Å². The smallest absolute Gasteiger partial charge is 0.418 e. The van der Waals surface area contributed by atoms with E-state index < -0.39 is 30.3 Å². The van der Waals surface area contributed by atoms with E-state index in [0.717, 1.165) is 33.2 Å². The Kier molecular flexibility index (Phi) is 7.34. The second-order valence-corrected chi connectivity index (χ2v) is 10.9. The third kappa shape index (κ3) is 5.57. The highest BCUT2D eigenvalue weighted by molar-refractivity contribution is 5.92. The Morgan fingerprint density at radius 3 is 2.17 bits per heavy atom. The predicted molar refractivity (Wildman–Crippen MR) is 152 cm³/mol. The molecule has 0 bridgehead atoms. The molecule has 0 saturated carbocycles. The van der Waals surface area contributed by atoms with Gasteiger partial charge in [-0.3, -0.25) is 14.3 Å². The summed E-state index contributed by atoms with van der Waals surface area (Å²) in [7, 11) is 0. The number of hydrogen-bond donors (Lipinski definition) is 1. The molecule has 3 aromatic carbocycles. The normalized spacial score (nSPS) is 12.6. The molecule has 0 unspecified atom stereocenters. The zero-order chi connectivity index (χ0) is 28.4. The van der Waals surface area contributed by atoms with E-state index in [0.29, 0.717) is 11.9 Å². The fourth-order valence-corrected chi connectivity index (χ4v) is 5.27. The summed E-state index contributed by atoms with van der Waals surface area (Å²) in [5.41, 5.74) is 5.18. The summed E-state index contributed by atoms with van der Waals surface area (Å²) in [6.45, 7) is 5.10. The number of fused-ring (bicyclic) bond motifs is 4. The molecule has 0 spiro atoms. The molecule has 0 radical (unpaired) electrons. The van der Waals surface area contributed by atoms with Crippen molar-refractivity contribution in [1.82, 2.24) is 9.47 Å². The van der Waals surface area contributed by atoms with E-state index in [2.05, 4.69) is 12.1 Å². The number of aromatic nitrogens is 1. The Labute approximate surface area is 232 Å². The number of aliphatic carboxylic acids is 1. The van der Waals surface area contributed by atoms with Crippen molar-refractivity contribution in [2.75, 3.05) is 19.7 Å². The lowest BCUT2D eigenvalue weighted by atomic mass is 9.98. The first-order valence-corrected chi connectivity index (χ1v) is 13.3. The first-order valence-electron chi connectivity index (χ1n) is 13.3. The van der Waals surface area contributed by atoms with Gasteiger partial charge in [0.15, 0.2) is 0 Å². The molecule has 1 heterocycles. The van der Waals surface area contributed by atoms with Crippen LogP contribution in [0.1, 0.15) is 43.4 Å². The van der Waals surface area contributed by atoms with E-state index in [4.69, 9.17) is 9.47 Å². The van der Waals surface area contributed by atoms with Crippen LogP contribution in [0.2, 0.25) is 0 Å². The summed E-state index contributed by atoms with van der Waals surface area (Å²) in [4.78, 5) is 38.9. The lowest BCUT2D eigenvalue weighted by molar-refractivity contribution is -0.138. The number of amides is 1. The van der Waals surface area contributed by atoms with Gasteiger partial charge in [0.2, 0.25) is 0 Å². The van der Waals surface area contributed by atoms with Crippen molar-refractivity contribution in [3.05, 3.63) is 95.7 Å². The highest BCUT2D eigenvalue weighted by Gasteiger charge is 2.30. The van der Waals surface area contributed by atoms with Gasteiger partial charge in [0.1, 0.15) is 18.8 Å². The summed E-state index contributed by atoms with van der Waals surface area (Å²) in [5.74, 6) is -1.27. The number of carbonyl (C=O) groups is 3. The second-order valence-electron chi connectivity index (χ2n) is 10.9. The zero-order valence-corrected chi connectivity index (χ0v) is 22.8. The van der Waals surface area contributed by atoms with Crippen LogP contribution in [0.15, 0.2) is 79.0 Å². The maximum absolute atomic E-state index is 13.2. The molecule has 0 fully saturated rings. The van der Waals surface area contributed by atoms with Crippen LogP contribution in [0.4, 0.5) is 9.59 Å². The van der Waals surface area contributed by atoms with Crippen molar-refractivity contribution < 1.29 is 29.0 Å². The molecule has 0 aliphatic heterocycles. The molecule has 8 heteroatoms. The van der Waals surface area contributed by atoms with Crippen molar-refractivity contribution in [2.24, 2.45) is 0 Å². The Hall–Kier alpha value is -4.59. The average Bonchev–Trinajstić information content (AvgIpc) is 3.49. The zero-order valence-electron chi connectivity index (χ0n) is 22.8. The number of ether oxygens (including phenoxy) is 2. The molecule has 40 heavy (non-hydrogen) atoms. The first kappa shape index (κ1) is 27.0. The van der Waals surface area contributed by atoms with Gasteiger partial charge in [0.25, 0.3) is 0 Å². The Morgan fingerprint density at radius 2 is 1.55 bits per heavy atom. The van der Waals surface area contributed by atoms with Gasteiger partial charge >= 0.3 is 18.2 Å². The van der Waals surface area contributed by atoms with Crippen LogP contribution < -0.4 is 0 Å². The number of carbonyl (C=O) groups excluding carboxylic acids is 2. The maximum atomic E-state index is 13.2. The SMILES string of the molecule is CC(C)(C)OC(=O)n1ccc2cccc(CCN(CC(=O)O)C(=O)OCC3c4ccccc4-c4ccccc43)c21. The Morgan fingerprint density at radius 1 is 0.900 bits per heavy atom. The summed E-state index contributed by atoms with van der Waals surface area (Å²) < 4.78 is 12.7. The first-order chi connectivity index (χ1) is 19.1. The molecule has 0 saturated heterocycles. The maximum Gasteiger partial charge on any atom is 0.418 e. The minimum Gasteiger partial charge on any atom is -0.480 e. The molecule has 8 nitrogen and oxygen atoms in total. The molecular weight excluding hydrogens is 508 g/mol. The molecule has 1 N–H and O–H groups in total. The highest BCUT2D eigenvalue weighted by Crippen LogP contribution is 2.44. The van der Waals surface area contributed by atoms with Gasteiger partial charge in [0, 0.05) is 24.0 Å². The number of nitrogens with zero attached hydrogens (tertiary/aromatic N) is 2. The summed E-state index contributed by atoms with van der Waals surface area (Å²) in [6.07, 6.45) is 0.776. The van der Waals surface area contributed by atoms with Crippen LogP contribution in [0.3, 0.4) is 0 Å². The van der Waals surface area contributed by atoms with Gasteiger partial charge in [-0.15, -0.1) is 0 Å². The number of benzene rings is 3. The van der Waals surface area contributed by atoms with Gasteiger partial charge in [-0.1, -0.05) is 66.7 Å². The topological polar surface area (TPSA) is 98.1 Å². The van der Waals surface area contributed by atoms with Crippen molar-refractivity contribution in [3.8, 4) is 11.1 Å². The van der Waals surface area contributed by atoms with Crippen LogP contribution in [0.5, 0.6) is 0 Å². The largest absolute Gasteiger partial charge is 0.480 e. The summed E-state index contributed by atoms with van der Waals surface area (Å²) >= 11 is 0. The molecule has 1 amide bonds. The minimum atomic E-state index is -1.14. The molecule has 0 atom stereocenters. The third-order valence-corrected chi connectivity index (χ3v) is 6.96. The second kappa shape index (κ2) is 10.9. The fraction of sp³-hybridized carbons (Fsp3) is 0.281. The van der Waals surface area contributed by atoms with E-state index in [1.165, 1.54) is 9.47 Å². The lowest BCUT2D eigenvalue weighted by Crippen LogP contribution is -2.38. The van der Waals surface area contributed by atoms with Gasteiger partial charge in [-0.25, -0.2) is 9.59 Å². The van der Waals surface area contributed by atoms with Gasteiger partial charge in [-0.2, -0.15) is 0 Å². The quantitative estimate of drug-likeness (QED) is 0.295. The lowest BCUT2D eigenvalue weighted by Gasteiger charge is -2.23. The van der Waals surface area contributed by atoms with Crippen molar-refractivity contribution in [2.45, 2.75) is 38.7 Å². The molecule has 1 aliphatic carbocycles. The minimum absolute atomic E-state index is 0.0973. The van der Waals surface area contributed by atoms with E-state index in [-0.39, 0.29) is 19.1 Å². The van der Waals surface area contributed by atoms with E-state index in [1.54, 1.807) is 27.0 Å². The van der Waals surface area contributed by atoms with Crippen molar-refractivity contribution in [1.29, 1.82) is 0 Å². The van der Waals surface area contributed by atoms with Crippen LogP contribution in [0.25, 0.3) is 22.0 Å². The van der Waals surface area contributed by atoms with E-state index in [9.17, 15) is 19.5 Å². The van der Waals surface area contributed by atoms with Crippen molar-refractivity contribution in [3.63, 3.8) is 0 Å². The fourth-order valence-electron chi connectivity index (χ4n) is 5.27. The monoisotopic (exact) mass is 540 g/mol.